The molecule has 4 nitrogen and oxygen atoms in total. The van der Waals surface area contributed by atoms with E-state index in [2.05, 4.69) is 6.07 Å². The normalized spacial score (nSPS) is 12.7. The van der Waals surface area contributed by atoms with Gasteiger partial charge in [0.2, 0.25) is 0 Å². The number of aryl methyl sites for hydroxylation is 2. The molecule has 0 amide bonds. The number of aliphatic hydroxyl groups excluding tert-OH is 2. The van der Waals surface area contributed by atoms with E-state index in [1.807, 2.05) is 37.8 Å². The Morgan fingerprint density at radius 3 is 2.37 bits per heavy atom. The van der Waals surface area contributed by atoms with E-state index in [0.717, 1.165) is 23.4 Å². The third kappa shape index (κ3) is 6.05. The van der Waals surface area contributed by atoms with Crippen molar-refractivity contribution in [1.29, 1.82) is 0 Å². The monoisotopic (exact) mass is 267 g/mol. The van der Waals surface area contributed by atoms with E-state index in [4.69, 9.17) is 9.84 Å². The molecule has 19 heavy (non-hydrogen) atoms. The van der Waals surface area contributed by atoms with Gasteiger partial charge in [0.15, 0.2) is 0 Å². The first-order chi connectivity index (χ1) is 9.05. The van der Waals surface area contributed by atoms with Gasteiger partial charge in [-0.2, -0.15) is 0 Å². The third-order valence-corrected chi connectivity index (χ3v) is 2.97. The maximum atomic E-state index is 9.93. The summed E-state index contributed by atoms with van der Waals surface area (Å²) in [7, 11) is 0. The highest BCUT2D eigenvalue weighted by Crippen LogP contribution is 2.16. The average molecular weight is 267 g/mol. The predicted octanol–water partition coefficient (Wildman–Crippen LogP) is 1.36. The number of hydrogen-bond acceptors (Lipinski definition) is 4. The molecule has 1 aromatic carbocycles. The molecule has 108 valence electrons. The van der Waals surface area contributed by atoms with Crippen LogP contribution in [0.2, 0.25) is 0 Å². The van der Waals surface area contributed by atoms with Crippen molar-refractivity contribution in [1.82, 2.24) is 4.90 Å². The molecule has 0 aliphatic rings. The topological polar surface area (TPSA) is 52.9 Å². The minimum absolute atomic E-state index is 0.110. The van der Waals surface area contributed by atoms with Crippen LogP contribution in [0.15, 0.2) is 18.2 Å². The van der Waals surface area contributed by atoms with Gasteiger partial charge in [0, 0.05) is 13.1 Å². The van der Waals surface area contributed by atoms with E-state index in [0.29, 0.717) is 13.1 Å². The van der Waals surface area contributed by atoms with Crippen molar-refractivity contribution in [2.45, 2.75) is 26.9 Å². The molecular formula is C15H25NO3. The van der Waals surface area contributed by atoms with Crippen LogP contribution in [0.3, 0.4) is 0 Å². The van der Waals surface area contributed by atoms with Crippen molar-refractivity contribution in [3.05, 3.63) is 29.3 Å². The van der Waals surface area contributed by atoms with Crippen molar-refractivity contribution < 1.29 is 14.9 Å². The minimum atomic E-state index is -0.549. The summed E-state index contributed by atoms with van der Waals surface area (Å²) in [5, 5.41) is 18.8. The molecule has 1 unspecified atom stereocenters. The number of benzene rings is 1. The summed E-state index contributed by atoms with van der Waals surface area (Å²) in [5.74, 6) is 0.793. The fourth-order valence-corrected chi connectivity index (χ4v) is 2.08. The molecule has 0 bridgehead atoms. The Kier molecular flexibility index (Phi) is 6.84. The van der Waals surface area contributed by atoms with E-state index < -0.39 is 6.10 Å². The minimum Gasteiger partial charge on any atom is -0.491 e. The van der Waals surface area contributed by atoms with Crippen LogP contribution in [0, 0.1) is 13.8 Å². The molecule has 0 fully saturated rings. The molecule has 0 saturated heterocycles. The average Bonchev–Trinajstić information content (AvgIpc) is 2.34. The molecule has 4 heteroatoms. The van der Waals surface area contributed by atoms with Gasteiger partial charge in [0.25, 0.3) is 0 Å². The Labute approximate surface area is 115 Å². The van der Waals surface area contributed by atoms with E-state index in [-0.39, 0.29) is 13.2 Å². The zero-order valence-corrected chi connectivity index (χ0v) is 12.1. The second-order valence-electron chi connectivity index (χ2n) is 4.91. The molecular weight excluding hydrogens is 242 g/mol. The third-order valence-electron chi connectivity index (χ3n) is 2.97. The standard InChI is InChI=1S/C15H25NO3/c1-4-16(5-6-17)10-14(18)11-19-15-8-12(2)7-13(3)9-15/h7-9,14,17-18H,4-6,10-11H2,1-3H3. The predicted molar refractivity (Wildman–Crippen MR) is 76.6 cm³/mol. The summed E-state index contributed by atoms with van der Waals surface area (Å²) in [4.78, 5) is 2.00. The van der Waals surface area contributed by atoms with Crippen LogP contribution in [0.4, 0.5) is 0 Å². The zero-order valence-electron chi connectivity index (χ0n) is 12.1. The number of ether oxygens (including phenoxy) is 1. The fraction of sp³-hybridized carbons (Fsp3) is 0.600. The summed E-state index contributed by atoms with van der Waals surface area (Å²) in [6, 6.07) is 6.01. The smallest absolute Gasteiger partial charge is 0.119 e. The molecule has 2 N–H and O–H groups in total. The van der Waals surface area contributed by atoms with Crippen LogP contribution in [-0.2, 0) is 0 Å². The number of rotatable bonds is 8. The van der Waals surface area contributed by atoms with E-state index in [9.17, 15) is 5.11 Å². The second-order valence-corrected chi connectivity index (χ2v) is 4.91. The molecule has 1 rings (SSSR count). The number of nitrogens with zero attached hydrogens (tertiary/aromatic N) is 1. The molecule has 0 aromatic heterocycles. The lowest BCUT2D eigenvalue weighted by Gasteiger charge is -2.22. The van der Waals surface area contributed by atoms with Gasteiger partial charge in [0.05, 0.1) is 6.61 Å². The first-order valence-electron chi connectivity index (χ1n) is 6.77. The van der Waals surface area contributed by atoms with Crippen LogP contribution in [0.25, 0.3) is 0 Å². The van der Waals surface area contributed by atoms with E-state index in [1.54, 1.807) is 0 Å². The molecule has 0 aliphatic carbocycles. The molecule has 1 atom stereocenters. The van der Waals surface area contributed by atoms with Gasteiger partial charge >= 0.3 is 0 Å². The van der Waals surface area contributed by atoms with Crippen molar-refractivity contribution in [3.8, 4) is 5.75 Å². The number of likely N-dealkylation sites (N-methyl/N-ethyl adjacent to an activating group) is 1. The van der Waals surface area contributed by atoms with Crippen LogP contribution in [0.5, 0.6) is 5.75 Å². The molecule has 0 aliphatic heterocycles. The number of hydrogen-bond donors (Lipinski definition) is 2. The van der Waals surface area contributed by atoms with E-state index >= 15 is 0 Å². The quantitative estimate of drug-likeness (QED) is 0.746. The van der Waals surface area contributed by atoms with Crippen LogP contribution in [-0.4, -0.2) is 54.1 Å². The van der Waals surface area contributed by atoms with Crippen molar-refractivity contribution in [2.24, 2.45) is 0 Å². The molecule has 1 aromatic rings. The number of aliphatic hydroxyl groups is 2. The van der Waals surface area contributed by atoms with E-state index in [1.165, 1.54) is 0 Å². The molecule has 0 saturated carbocycles. The van der Waals surface area contributed by atoms with Gasteiger partial charge in [0.1, 0.15) is 18.5 Å². The van der Waals surface area contributed by atoms with Gasteiger partial charge in [-0.25, -0.2) is 0 Å². The Hall–Kier alpha value is -1.10. The maximum Gasteiger partial charge on any atom is 0.119 e. The highest BCUT2D eigenvalue weighted by Gasteiger charge is 2.10. The Morgan fingerprint density at radius 2 is 1.84 bits per heavy atom. The summed E-state index contributed by atoms with van der Waals surface area (Å²) >= 11 is 0. The Balaban J connectivity index is 2.42. The SMILES string of the molecule is CCN(CCO)CC(O)COc1cc(C)cc(C)c1. The Bertz CT molecular complexity index is 361. The first-order valence-corrected chi connectivity index (χ1v) is 6.77. The lowest BCUT2D eigenvalue weighted by atomic mass is 10.1. The highest BCUT2D eigenvalue weighted by molar-refractivity contribution is 5.32. The molecule has 0 radical (unpaired) electrons. The lowest BCUT2D eigenvalue weighted by Crippen LogP contribution is -2.37. The van der Waals surface area contributed by atoms with Crippen LogP contribution < -0.4 is 4.74 Å². The van der Waals surface area contributed by atoms with Crippen molar-refractivity contribution in [3.63, 3.8) is 0 Å². The zero-order chi connectivity index (χ0) is 14.3. The lowest BCUT2D eigenvalue weighted by molar-refractivity contribution is 0.0638. The largest absolute Gasteiger partial charge is 0.491 e. The van der Waals surface area contributed by atoms with Crippen LogP contribution >= 0.6 is 0 Å². The highest BCUT2D eigenvalue weighted by atomic mass is 16.5. The van der Waals surface area contributed by atoms with Gasteiger partial charge in [-0.3, -0.25) is 4.90 Å². The van der Waals surface area contributed by atoms with Gasteiger partial charge in [-0.05, 0) is 43.7 Å². The second kappa shape index (κ2) is 8.15. The van der Waals surface area contributed by atoms with Crippen LogP contribution in [0.1, 0.15) is 18.1 Å². The summed E-state index contributed by atoms with van der Waals surface area (Å²) in [6.07, 6.45) is -0.549. The van der Waals surface area contributed by atoms with Crippen molar-refractivity contribution in [2.75, 3.05) is 32.8 Å². The fourth-order valence-electron chi connectivity index (χ4n) is 2.08. The van der Waals surface area contributed by atoms with Gasteiger partial charge < -0.3 is 14.9 Å². The molecule has 0 heterocycles. The summed E-state index contributed by atoms with van der Waals surface area (Å²) in [6.45, 7) is 8.34. The summed E-state index contributed by atoms with van der Waals surface area (Å²) < 4.78 is 5.61. The first kappa shape index (κ1) is 16.0. The maximum absolute atomic E-state index is 9.93. The Morgan fingerprint density at radius 1 is 1.21 bits per heavy atom. The van der Waals surface area contributed by atoms with Crippen molar-refractivity contribution >= 4 is 0 Å². The summed E-state index contributed by atoms with van der Waals surface area (Å²) in [5.41, 5.74) is 2.31. The molecule has 0 spiro atoms. The van der Waals surface area contributed by atoms with Gasteiger partial charge in [-0.1, -0.05) is 13.0 Å². The van der Waals surface area contributed by atoms with Gasteiger partial charge in [-0.15, -0.1) is 0 Å².